The van der Waals surface area contributed by atoms with Gasteiger partial charge in [0.15, 0.2) is 23.6 Å². The SMILES string of the molecule is COc1ccc(C)c2c1O[C@H]1C(OC(=O)N(C)CCNC(=O)[C@@H](CCCN=C(N)N)NC(=O)CC(=O)O)=CC[C@H]3[C@@H](C)N(C)CC[C@]213. The van der Waals surface area contributed by atoms with Crippen LogP contribution in [0.2, 0.25) is 0 Å². The Labute approximate surface area is 274 Å². The lowest BCUT2D eigenvalue weighted by Crippen LogP contribution is -2.60. The summed E-state index contributed by atoms with van der Waals surface area (Å²) in [5.41, 5.74) is 12.5. The number of nitrogens with zero attached hydrogens (tertiary/aromatic N) is 3. The van der Waals surface area contributed by atoms with Crippen LogP contribution >= 0.6 is 0 Å². The minimum Gasteiger partial charge on any atom is -0.493 e. The van der Waals surface area contributed by atoms with Crippen molar-refractivity contribution in [2.45, 2.75) is 69.6 Å². The van der Waals surface area contributed by atoms with E-state index in [-0.39, 0.29) is 44.0 Å². The normalized spacial score (nSPS) is 23.4. The number of rotatable bonds is 13. The average molecular weight is 658 g/mol. The van der Waals surface area contributed by atoms with Gasteiger partial charge in [0, 0.05) is 43.7 Å². The van der Waals surface area contributed by atoms with E-state index < -0.39 is 47.9 Å². The number of guanidine groups is 1. The average Bonchev–Trinajstić information content (AvgIpc) is 3.37. The Morgan fingerprint density at radius 1 is 1.28 bits per heavy atom. The molecule has 0 aromatic heterocycles. The number of aliphatic carboxylic acids is 1. The van der Waals surface area contributed by atoms with Crippen LogP contribution in [-0.2, 0) is 24.5 Å². The van der Waals surface area contributed by atoms with E-state index in [0.29, 0.717) is 30.1 Å². The summed E-state index contributed by atoms with van der Waals surface area (Å²) in [7, 11) is 5.31. The highest BCUT2D eigenvalue weighted by Crippen LogP contribution is 2.61. The summed E-state index contributed by atoms with van der Waals surface area (Å²) in [6, 6.07) is 3.22. The summed E-state index contributed by atoms with van der Waals surface area (Å²) < 4.78 is 18.3. The molecule has 2 aliphatic heterocycles. The standard InChI is InChI=1S/C32H47N7O8/c1-18-8-10-22(45-5)27-26(18)32-12-15-38(3)19(2)20(32)9-11-23(28(32)47-27)46-31(44)39(4)16-14-35-29(43)21(7-6-13-36-30(33)34)37-24(40)17-25(41)42/h8,10-11,19-21,28H,6-7,9,12-17H2,1-5H3,(H,35,43)(H,37,40)(H,41,42)(H4,33,34,36)/t19-,20+,21-,28+,32+/m1/s1. The first-order valence-corrected chi connectivity index (χ1v) is 15.8. The number of nitrogens with two attached hydrogens (primary N) is 2. The van der Waals surface area contributed by atoms with E-state index in [9.17, 15) is 19.2 Å². The number of hydrogen-bond acceptors (Lipinski definition) is 9. The second-order valence-corrected chi connectivity index (χ2v) is 12.5. The number of carbonyl (C=O) groups excluding carboxylic acids is 3. The second-order valence-electron chi connectivity index (χ2n) is 12.5. The Kier molecular flexibility index (Phi) is 11.2. The molecule has 1 saturated heterocycles. The number of ether oxygens (including phenoxy) is 3. The van der Waals surface area contributed by atoms with Crippen LogP contribution in [-0.4, -0.2) is 110 Å². The van der Waals surface area contributed by atoms with E-state index in [1.165, 1.54) is 4.90 Å². The number of aryl methyl sites for hydroxylation is 1. The van der Waals surface area contributed by atoms with E-state index in [1.54, 1.807) is 14.2 Å². The number of carboxylic acid groups (broad SMARTS) is 1. The van der Waals surface area contributed by atoms with Gasteiger partial charge in [-0.05, 0) is 76.7 Å². The molecule has 15 heteroatoms. The van der Waals surface area contributed by atoms with Crippen LogP contribution in [0, 0.1) is 12.8 Å². The van der Waals surface area contributed by atoms with Crippen molar-refractivity contribution in [2.75, 3.05) is 47.4 Å². The summed E-state index contributed by atoms with van der Waals surface area (Å²) in [6.45, 7) is 5.56. The summed E-state index contributed by atoms with van der Waals surface area (Å²) in [4.78, 5) is 56.8. The molecule has 4 rings (SSSR count). The number of carboxylic acids is 1. The summed E-state index contributed by atoms with van der Waals surface area (Å²) >= 11 is 0. The highest BCUT2D eigenvalue weighted by Gasteiger charge is 2.62. The Balaban J connectivity index is 1.41. The molecule has 5 atom stereocenters. The fourth-order valence-electron chi connectivity index (χ4n) is 7.06. The van der Waals surface area contributed by atoms with Crippen LogP contribution in [0.4, 0.5) is 4.79 Å². The van der Waals surface area contributed by atoms with Crippen molar-refractivity contribution >= 4 is 29.8 Å². The van der Waals surface area contributed by atoms with Gasteiger partial charge >= 0.3 is 12.1 Å². The highest BCUT2D eigenvalue weighted by molar-refractivity contribution is 5.96. The van der Waals surface area contributed by atoms with E-state index in [4.69, 9.17) is 30.8 Å². The van der Waals surface area contributed by atoms with Gasteiger partial charge < -0.3 is 51.2 Å². The maximum absolute atomic E-state index is 13.3. The Bertz CT molecular complexity index is 1430. The molecule has 0 radical (unpaired) electrons. The number of piperidine rings is 1. The van der Waals surface area contributed by atoms with E-state index in [1.807, 2.05) is 12.1 Å². The molecule has 0 bridgehead atoms. The zero-order chi connectivity index (χ0) is 34.5. The van der Waals surface area contributed by atoms with Crippen molar-refractivity contribution in [3.05, 3.63) is 35.1 Å². The molecule has 3 aliphatic rings. The molecule has 0 unspecified atom stereocenters. The number of likely N-dealkylation sites (N-methyl/N-ethyl adjacent to an activating group) is 1. The molecule has 1 spiro atoms. The molecule has 1 aliphatic carbocycles. The van der Waals surface area contributed by atoms with Gasteiger partial charge in [-0.25, -0.2) is 4.79 Å². The van der Waals surface area contributed by atoms with Crippen LogP contribution in [0.25, 0.3) is 0 Å². The minimum absolute atomic E-state index is 0.0559. The molecule has 3 amide bonds. The maximum Gasteiger partial charge on any atom is 0.414 e. The third-order valence-electron chi connectivity index (χ3n) is 9.54. The molecular formula is C32H47N7O8. The molecule has 1 aromatic rings. The van der Waals surface area contributed by atoms with Crippen LogP contribution in [0.1, 0.15) is 50.2 Å². The number of aliphatic imine (C=N–C) groups is 1. The molecule has 7 N–H and O–H groups in total. The predicted octanol–water partition coefficient (Wildman–Crippen LogP) is 0.828. The highest BCUT2D eigenvalue weighted by atomic mass is 16.6. The quantitative estimate of drug-likeness (QED) is 0.0868. The van der Waals surface area contributed by atoms with Gasteiger partial charge in [-0.3, -0.25) is 19.4 Å². The monoisotopic (exact) mass is 657 g/mol. The third kappa shape index (κ3) is 7.56. The lowest BCUT2D eigenvalue weighted by molar-refractivity contribution is -0.141. The van der Waals surface area contributed by atoms with Crippen LogP contribution in [0.15, 0.2) is 29.0 Å². The summed E-state index contributed by atoms with van der Waals surface area (Å²) in [5, 5.41) is 14.1. The number of allylic oxidation sites excluding steroid dienone is 1. The molecule has 1 aromatic carbocycles. The van der Waals surface area contributed by atoms with Crippen molar-refractivity contribution in [2.24, 2.45) is 22.4 Å². The van der Waals surface area contributed by atoms with Gasteiger partial charge in [0.2, 0.25) is 11.8 Å². The predicted molar refractivity (Wildman–Crippen MR) is 173 cm³/mol. The lowest BCUT2D eigenvalue weighted by Gasteiger charge is -2.53. The number of benzene rings is 1. The van der Waals surface area contributed by atoms with E-state index in [0.717, 1.165) is 24.1 Å². The Morgan fingerprint density at radius 2 is 2.02 bits per heavy atom. The van der Waals surface area contributed by atoms with Crippen molar-refractivity contribution in [3.63, 3.8) is 0 Å². The van der Waals surface area contributed by atoms with Crippen molar-refractivity contribution in [1.29, 1.82) is 0 Å². The number of fused-ring (bicyclic) bond motifs is 1. The zero-order valence-electron chi connectivity index (χ0n) is 27.7. The molecular weight excluding hydrogens is 610 g/mol. The third-order valence-corrected chi connectivity index (χ3v) is 9.54. The topological polar surface area (TPSA) is 211 Å². The van der Waals surface area contributed by atoms with Gasteiger partial charge in [-0.1, -0.05) is 6.07 Å². The van der Waals surface area contributed by atoms with Crippen LogP contribution < -0.4 is 31.6 Å². The molecule has 47 heavy (non-hydrogen) atoms. The number of amides is 3. The van der Waals surface area contributed by atoms with Crippen molar-refractivity contribution in [1.82, 2.24) is 20.4 Å². The largest absolute Gasteiger partial charge is 0.493 e. The number of nitrogens with one attached hydrogen (secondary N) is 2. The number of methoxy groups -OCH3 is 1. The van der Waals surface area contributed by atoms with E-state index in [2.05, 4.69) is 47.5 Å². The fraction of sp³-hybridized carbons (Fsp3) is 0.594. The van der Waals surface area contributed by atoms with Gasteiger partial charge in [-0.15, -0.1) is 0 Å². The number of carbonyl (C=O) groups is 4. The van der Waals surface area contributed by atoms with Gasteiger partial charge in [0.1, 0.15) is 18.2 Å². The molecule has 0 saturated carbocycles. The first-order chi connectivity index (χ1) is 22.3. The Hall–Kier alpha value is -4.53. The lowest BCUT2D eigenvalue weighted by atomic mass is 9.57. The van der Waals surface area contributed by atoms with E-state index >= 15 is 0 Å². The molecule has 258 valence electrons. The molecule has 1 fully saturated rings. The molecule has 15 nitrogen and oxygen atoms in total. The zero-order valence-corrected chi connectivity index (χ0v) is 27.7. The summed E-state index contributed by atoms with van der Waals surface area (Å²) in [5.74, 6) is -0.719. The van der Waals surface area contributed by atoms with Crippen LogP contribution in [0.5, 0.6) is 11.5 Å². The fourth-order valence-corrected chi connectivity index (χ4v) is 7.06. The maximum atomic E-state index is 13.3. The van der Waals surface area contributed by atoms with Crippen molar-refractivity contribution < 1.29 is 38.5 Å². The minimum atomic E-state index is -1.32. The number of hydrogen-bond donors (Lipinski definition) is 5. The smallest absolute Gasteiger partial charge is 0.414 e. The van der Waals surface area contributed by atoms with Gasteiger partial charge in [0.05, 0.1) is 7.11 Å². The Morgan fingerprint density at radius 3 is 2.70 bits per heavy atom. The second kappa shape index (κ2) is 14.9. The number of likely N-dealkylation sites (tertiary alicyclic amines) is 1. The molecule has 2 heterocycles. The van der Waals surface area contributed by atoms with Gasteiger partial charge in [0.25, 0.3) is 0 Å². The van der Waals surface area contributed by atoms with Gasteiger partial charge in [-0.2, -0.15) is 0 Å². The van der Waals surface area contributed by atoms with Crippen molar-refractivity contribution in [3.8, 4) is 11.5 Å². The first-order valence-electron chi connectivity index (χ1n) is 15.8. The van der Waals surface area contributed by atoms with Crippen LogP contribution in [0.3, 0.4) is 0 Å². The first kappa shape index (κ1) is 35.3. The summed E-state index contributed by atoms with van der Waals surface area (Å²) in [6.07, 6.45) is 2.14.